The van der Waals surface area contributed by atoms with Crippen molar-refractivity contribution in [2.24, 2.45) is 11.3 Å². The van der Waals surface area contributed by atoms with Gasteiger partial charge in [-0.3, -0.25) is 4.79 Å². The third-order valence-corrected chi connectivity index (χ3v) is 4.54. The molecule has 1 unspecified atom stereocenters. The molecule has 0 N–H and O–H groups in total. The highest BCUT2D eigenvalue weighted by molar-refractivity contribution is 7.17. The van der Waals surface area contributed by atoms with Crippen molar-refractivity contribution in [2.75, 3.05) is 0 Å². The number of hydrogen-bond donors (Lipinski definition) is 0. The highest BCUT2D eigenvalue weighted by atomic mass is 32.1. The van der Waals surface area contributed by atoms with Gasteiger partial charge in [0, 0.05) is 16.2 Å². The van der Waals surface area contributed by atoms with Crippen LogP contribution in [0.5, 0.6) is 0 Å². The van der Waals surface area contributed by atoms with Gasteiger partial charge in [-0.15, -0.1) is 11.3 Å². The van der Waals surface area contributed by atoms with Gasteiger partial charge in [-0.1, -0.05) is 26.0 Å². The second kappa shape index (κ2) is 3.17. The average Bonchev–Trinajstić information content (AvgIpc) is 2.71. The molecule has 3 rings (SSSR count). The fourth-order valence-corrected chi connectivity index (χ4v) is 3.21. The zero-order valence-electron chi connectivity index (χ0n) is 9.49. The number of ketones is 1. The number of fused-ring (bicyclic) bond motifs is 1. The van der Waals surface area contributed by atoms with Gasteiger partial charge in [0.15, 0.2) is 5.78 Å². The van der Waals surface area contributed by atoms with Crippen LogP contribution in [0.2, 0.25) is 0 Å². The van der Waals surface area contributed by atoms with Crippen LogP contribution < -0.4 is 0 Å². The minimum absolute atomic E-state index is 0.219. The minimum Gasteiger partial charge on any atom is -0.294 e. The van der Waals surface area contributed by atoms with E-state index in [9.17, 15) is 4.79 Å². The lowest BCUT2D eigenvalue weighted by Gasteiger charge is -2.04. The first-order chi connectivity index (χ1) is 7.59. The molecule has 2 aromatic rings. The Kier molecular flexibility index (Phi) is 1.99. The second-order valence-corrected chi connectivity index (χ2v) is 6.17. The van der Waals surface area contributed by atoms with Gasteiger partial charge in [-0.05, 0) is 34.7 Å². The average molecular weight is 230 g/mol. The van der Waals surface area contributed by atoms with E-state index in [1.54, 1.807) is 11.3 Å². The van der Waals surface area contributed by atoms with Crippen molar-refractivity contribution >= 4 is 27.2 Å². The van der Waals surface area contributed by atoms with Gasteiger partial charge in [-0.25, -0.2) is 0 Å². The molecule has 1 aliphatic carbocycles. The maximum Gasteiger partial charge on any atom is 0.167 e. The Morgan fingerprint density at radius 3 is 2.81 bits per heavy atom. The molecule has 2 heteroatoms. The van der Waals surface area contributed by atoms with Gasteiger partial charge >= 0.3 is 0 Å². The van der Waals surface area contributed by atoms with Crippen molar-refractivity contribution in [3.05, 3.63) is 35.2 Å². The molecule has 1 aromatic heterocycles. The molecule has 0 radical (unpaired) electrons. The van der Waals surface area contributed by atoms with E-state index in [2.05, 4.69) is 31.4 Å². The molecule has 82 valence electrons. The van der Waals surface area contributed by atoms with Crippen LogP contribution in [0, 0.1) is 11.3 Å². The van der Waals surface area contributed by atoms with Gasteiger partial charge in [0.1, 0.15) is 0 Å². The monoisotopic (exact) mass is 230 g/mol. The Hall–Kier alpha value is -1.15. The highest BCUT2D eigenvalue weighted by Crippen LogP contribution is 2.53. The first-order valence-corrected chi connectivity index (χ1v) is 6.48. The number of carbonyl (C=O) groups excluding carboxylic acids is 1. The highest BCUT2D eigenvalue weighted by Gasteiger charge is 2.50. The van der Waals surface area contributed by atoms with E-state index in [4.69, 9.17) is 0 Å². The summed E-state index contributed by atoms with van der Waals surface area (Å²) in [6.07, 6.45) is 1.04. The standard InChI is InChI=1S/C14H14OS/c1-14(2)8-11(14)12(15)10-5-3-4-9-6-7-16-13(9)10/h3-7,11H,8H2,1-2H3. The van der Waals surface area contributed by atoms with Crippen LogP contribution in [0.25, 0.3) is 10.1 Å². The van der Waals surface area contributed by atoms with E-state index < -0.39 is 0 Å². The summed E-state index contributed by atoms with van der Waals surface area (Å²) in [5.41, 5.74) is 1.14. The molecule has 1 saturated carbocycles. The molecule has 1 fully saturated rings. The van der Waals surface area contributed by atoms with Gasteiger partial charge in [0.2, 0.25) is 0 Å². The SMILES string of the molecule is CC1(C)CC1C(=O)c1cccc2ccsc12. The fraction of sp³-hybridized carbons (Fsp3) is 0.357. The van der Waals surface area contributed by atoms with Crippen molar-refractivity contribution in [1.82, 2.24) is 0 Å². The topological polar surface area (TPSA) is 17.1 Å². The quantitative estimate of drug-likeness (QED) is 0.709. The number of thiophene rings is 1. The summed E-state index contributed by atoms with van der Waals surface area (Å²) >= 11 is 1.67. The number of Topliss-reactive ketones (excluding diaryl/α,β-unsaturated/α-hetero) is 1. The Labute approximate surface area is 99.1 Å². The molecule has 16 heavy (non-hydrogen) atoms. The van der Waals surface area contributed by atoms with Gasteiger partial charge < -0.3 is 0 Å². The molecule has 1 heterocycles. The van der Waals surface area contributed by atoms with Gasteiger partial charge in [0.05, 0.1) is 0 Å². The second-order valence-electron chi connectivity index (χ2n) is 5.25. The zero-order chi connectivity index (χ0) is 11.3. The molecular formula is C14H14OS. The predicted molar refractivity (Wildman–Crippen MR) is 68.0 cm³/mol. The van der Waals surface area contributed by atoms with Crippen LogP contribution in [0.15, 0.2) is 29.6 Å². The van der Waals surface area contributed by atoms with Crippen LogP contribution in [0.4, 0.5) is 0 Å². The van der Waals surface area contributed by atoms with E-state index in [-0.39, 0.29) is 11.3 Å². The third kappa shape index (κ3) is 1.40. The number of benzene rings is 1. The lowest BCUT2D eigenvalue weighted by Crippen LogP contribution is -2.06. The Morgan fingerprint density at radius 2 is 2.12 bits per heavy atom. The van der Waals surface area contributed by atoms with Crippen LogP contribution in [-0.2, 0) is 0 Å². The van der Waals surface area contributed by atoms with Crippen molar-refractivity contribution in [2.45, 2.75) is 20.3 Å². The van der Waals surface area contributed by atoms with Crippen molar-refractivity contribution in [1.29, 1.82) is 0 Å². The molecule has 0 spiro atoms. The first kappa shape index (κ1) is 10.0. The lowest BCUT2D eigenvalue weighted by molar-refractivity contribution is 0.0955. The van der Waals surface area contributed by atoms with Crippen molar-refractivity contribution in [3.8, 4) is 0 Å². The van der Waals surface area contributed by atoms with Gasteiger partial charge in [-0.2, -0.15) is 0 Å². The van der Waals surface area contributed by atoms with Crippen molar-refractivity contribution in [3.63, 3.8) is 0 Å². The van der Waals surface area contributed by atoms with E-state index in [1.807, 2.05) is 12.1 Å². The molecule has 0 aliphatic heterocycles. The van der Waals surface area contributed by atoms with E-state index in [0.29, 0.717) is 5.78 Å². The summed E-state index contributed by atoms with van der Waals surface area (Å²) in [6, 6.07) is 8.10. The van der Waals surface area contributed by atoms with E-state index in [1.165, 1.54) is 5.39 Å². The van der Waals surface area contributed by atoms with E-state index >= 15 is 0 Å². The third-order valence-electron chi connectivity index (χ3n) is 3.57. The summed E-state index contributed by atoms with van der Waals surface area (Å²) in [4.78, 5) is 12.3. The smallest absolute Gasteiger partial charge is 0.167 e. The van der Waals surface area contributed by atoms with Crippen LogP contribution >= 0.6 is 11.3 Å². The summed E-state index contributed by atoms with van der Waals surface area (Å²) in [5, 5.41) is 3.24. The predicted octanol–water partition coefficient (Wildman–Crippen LogP) is 4.13. The lowest BCUT2D eigenvalue weighted by atomic mass is 10.0. The molecular weight excluding hydrogens is 216 g/mol. The van der Waals surface area contributed by atoms with E-state index in [0.717, 1.165) is 16.7 Å². The first-order valence-electron chi connectivity index (χ1n) is 5.60. The normalized spacial score (nSPS) is 22.2. The maximum absolute atomic E-state index is 12.3. The number of hydrogen-bond acceptors (Lipinski definition) is 2. The van der Waals surface area contributed by atoms with Crippen molar-refractivity contribution < 1.29 is 4.79 Å². The van der Waals surface area contributed by atoms with Crippen LogP contribution in [-0.4, -0.2) is 5.78 Å². The Bertz CT molecular complexity index is 565. The van der Waals surface area contributed by atoms with Crippen LogP contribution in [0.3, 0.4) is 0 Å². The summed E-state index contributed by atoms with van der Waals surface area (Å²) in [7, 11) is 0. The molecule has 0 saturated heterocycles. The molecule has 1 aromatic carbocycles. The fourth-order valence-electron chi connectivity index (χ4n) is 2.29. The summed E-state index contributed by atoms with van der Waals surface area (Å²) in [6.45, 7) is 4.34. The Morgan fingerprint density at radius 1 is 1.38 bits per heavy atom. The Balaban J connectivity index is 2.06. The minimum atomic E-state index is 0.219. The molecule has 0 bridgehead atoms. The molecule has 0 amide bonds. The molecule has 1 aliphatic rings. The van der Waals surface area contributed by atoms with Gasteiger partial charge in [0.25, 0.3) is 0 Å². The molecule has 1 nitrogen and oxygen atoms in total. The molecule has 1 atom stereocenters. The summed E-state index contributed by atoms with van der Waals surface area (Å²) in [5.74, 6) is 0.568. The van der Waals surface area contributed by atoms with Crippen LogP contribution in [0.1, 0.15) is 30.6 Å². The number of rotatable bonds is 2. The largest absolute Gasteiger partial charge is 0.294 e. The zero-order valence-corrected chi connectivity index (χ0v) is 10.3. The maximum atomic E-state index is 12.3. The number of carbonyl (C=O) groups is 1. The summed E-state index contributed by atoms with van der Waals surface area (Å²) < 4.78 is 1.15.